The molecule has 0 amide bonds. The highest BCUT2D eigenvalue weighted by Gasteiger charge is 1.91. The van der Waals surface area contributed by atoms with Crippen LogP contribution in [0.5, 0.6) is 0 Å². The smallest absolute Gasteiger partial charge is 0.230 e. The van der Waals surface area contributed by atoms with Crippen LogP contribution in [0.3, 0.4) is 0 Å². The van der Waals surface area contributed by atoms with Gasteiger partial charge in [-0.1, -0.05) is 50.3 Å². The van der Waals surface area contributed by atoms with Crippen molar-refractivity contribution in [1.29, 1.82) is 0 Å². The van der Waals surface area contributed by atoms with Gasteiger partial charge in [-0.05, 0) is 0 Å². The van der Waals surface area contributed by atoms with Crippen molar-refractivity contribution in [1.82, 2.24) is 0 Å². The van der Waals surface area contributed by atoms with Crippen molar-refractivity contribution in [2.24, 2.45) is 5.16 Å². The van der Waals surface area contributed by atoms with Crippen molar-refractivity contribution < 1.29 is 3.17 Å². The van der Waals surface area contributed by atoms with Gasteiger partial charge < -0.3 is 3.17 Å². The quantitative estimate of drug-likeness (QED) is 0.280. The van der Waals surface area contributed by atoms with E-state index in [1.165, 1.54) is 0 Å². The first kappa shape index (κ1) is 9.66. The Bertz CT molecular complexity index is 78.6. The third-order valence-electron chi connectivity index (χ3n) is 0.472. The molecule has 0 aromatic rings. The summed E-state index contributed by atoms with van der Waals surface area (Å²) in [6, 6.07) is 0. The lowest BCUT2D eigenvalue weighted by Crippen LogP contribution is -1.99. The fourth-order valence-corrected chi connectivity index (χ4v) is 2.26. The molecule has 0 atom stereocenters. The Balaban J connectivity index is 3.49. The molecule has 0 aliphatic heterocycles. The van der Waals surface area contributed by atoms with Gasteiger partial charge in [-0.25, -0.2) is 0 Å². The summed E-state index contributed by atoms with van der Waals surface area (Å²) < 4.78 is 6.43. The molecule has 0 rings (SSSR count). The van der Waals surface area contributed by atoms with E-state index in [0.29, 0.717) is 0 Å². The molecule has 0 N–H and O–H groups in total. The maximum atomic E-state index is 4.53. The first-order valence-electron chi connectivity index (χ1n) is 1.80. The lowest BCUT2D eigenvalue weighted by atomic mass is 10.5. The molecule has 0 radical (unpaired) electrons. The first-order chi connectivity index (χ1) is 3.85. The standard InChI is InChI=1S/C3H4I3NO/c4-1-3(2-5)7-8-6/h1-2H2. The third kappa shape index (κ3) is 4.53. The largest absolute Gasteiger partial charge is 0.327 e. The molecule has 0 heterocycles. The molecule has 0 saturated carbocycles. The van der Waals surface area contributed by atoms with Crippen molar-refractivity contribution in [3.05, 3.63) is 0 Å². The molecule has 0 aliphatic carbocycles. The van der Waals surface area contributed by atoms with Gasteiger partial charge in [-0.15, -0.1) is 0 Å². The highest BCUT2D eigenvalue weighted by Crippen LogP contribution is 1.96. The molecule has 5 heteroatoms. The highest BCUT2D eigenvalue weighted by atomic mass is 127. The van der Waals surface area contributed by atoms with Crippen molar-refractivity contribution in [3.8, 4) is 0 Å². The van der Waals surface area contributed by atoms with Crippen molar-refractivity contribution in [2.75, 3.05) is 8.86 Å². The highest BCUT2D eigenvalue weighted by molar-refractivity contribution is 14.1. The summed E-state index contributed by atoms with van der Waals surface area (Å²) in [5.41, 5.74) is 1.08. The van der Waals surface area contributed by atoms with Crippen LogP contribution in [0.1, 0.15) is 0 Å². The van der Waals surface area contributed by atoms with E-state index >= 15 is 0 Å². The van der Waals surface area contributed by atoms with Crippen molar-refractivity contribution >= 4 is 73.9 Å². The Kier molecular flexibility index (Phi) is 8.18. The average molecular weight is 451 g/mol. The van der Waals surface area contributed by atoms with Crippen LogP contribution in [0.4, 0.5) is 0 Å². The summed E-state index contributed by atoms with van der Waals surface area (Å²) in [5, 5.41) is 3.75. The molecule has 2 nitrogen and oxygen atoms in total. The fourth-order valence-electron chi connectivity index (χ4n) is 0.133. The van der Waals surface area contributed by atoms with E-state index in [9.17, 15) is 0 Å². The lowest BCUT2D eigenvalue weighted by molar-refractivity contribution is 0.464. The van der Waals surface area contributed by atoms with E-state index < -0.39 is 0 Å². The minimum absolute atomic E-state index is 0.948. The monoisotopic (exact) mass is 451 g/mol. The van der Waals surface area contributed by atoms with Crippen LogP contribution in [0.2, 0.25) is 0 Å². The van der Waals surface area contributed by atoms with Gasteiger partial charge in [0.15, 0.2) is 0 Å². The summed E-state index contributed by atoms with van der Waals surface area (Å²) in [6.45, 7) is 0. The normalized spacial score (nSPS) is 8.38. The van der Waals surface area contributed by atoms with Crippen LogP contribution in [-0.4, -0.2) is 14.6 Å². The predicted molar refractivity (Wildman–Crippen MR) is 60.3 cm³/mol. The molecule has 0 aliphatic rings. The zero-order chi connectivity index (χ0) is 6.41. The van der Waals surface area contributed by atoms with Crippen LogP contribution in [0.15, 0.2) is 5.16 Å². The Labute approximate surface area is 89.8 Å². The van der Waals surface area contributed by atoms with E-state index in [4.69, 9.17) is 0 Å². The minimum Gasteiger partial charge on any atom is -0.327 e. The molecular formula is C3H4I3NO. The molecule has 0 bridgehead atoms. The van der Waals surface area contributed by atoms with Gasteiger partial charge in [-0.2, -0.15) is 0 Å². The second-order valence-corrected chi connectivity index (χ2v) is 2.91. The molecule has 0 fully saturated rings. The number of halogens is 3. The summed E-state index contributed by atoms with van der Waals surface area (Å²) in [5.74, 6) is 0. The number of oxime groups is 1. The zero-order valence-electron chi connectivity index (χ0n) is 3.90. The molecule has 48 valence electrons. The van der Waals surface area contributed by atoms with Crippen LogP contribution < -0.4 is 0 Å². The summed E-state index contributed by atoms with van der Waals surface area (Å²) in [4.78, 5) is 0. The molecule has 0 saturated heterocycles. The maximum Gasteiger partial charge on any atom is 0.230 e. The fraction of sp³-hybridized carbons (Fsp3) is 0.667. The van der Waals surface area contributed by atoms with Crippen LogP contribution in [0.25, 0.3) is 0 Å². The van der Waals surface area contributed by atoms with Crippen molar-refractivity contribution in [3.63, 3.8) is 0 Å². The lowest BCUT2D eigenvalue weighted by Gasteiger charge is -1.90. The van der Waals surface area contributed by atoms with Gasteiger partial charge in [0.1, 0.15) is 0 Å². The van der Waals surface area contributed by atoms with Crippen LogP contribution in [0, 0.1) is 0 Å². The van der Waals surface area contributed by atoms with E-state index in [1.807, 2.05) is 0 Å². The van der Waals surface area contributed by atoms with Gasteiger partial charge >= 0.3 is 0 Å². The molecule has 8 heavy (non-hydrogen) atoms. The number of rotatable bonds is 3. The van der Waals surface area contributed by atoms with Gasteiger partial charge in [0.2, 0.25) is 23.0 Å². The van der Waals surface area contributed by atoms with Gasteiger partial charge in [-0.3, -0.25) is 0 Å². The average Bonchev–Trinajstić information content (AvgIpc) is 1.83. The van der Waals surface area contributed by atoms with Crippen LogP contribution >= 0.6 is 68.2 Å². The number of nitrogens with zero attached hydrogens (tertiary/aromatic N) is 1. The Hall–Kier alpha value is 1.66. The third-order valence-corrected chi connectivity index (χ3v) is 2.43. The predicted octanol–water partition coefficient (Wildman–Crippen LogP) is 2.58. The van der Waals surface area contributed by atoms with E-state index in [2.05, 4.69) is 53.5 Å². The molecule has 0 aromatic heterocycles. The zero-order valence-corrected chi connectivity index (χ0v) is 10.4. The summed E-state index contributed by atoms with van der Waals surface area (Å²) >= 11 is 6.26. The van der Waals surface area contributed by atoms with Gasteiger partial charge in [0.25, 0.3) is 0 Å². The molecular weight excluding hydrogens is 447 g/mol. The Morgan fingerprint density at radius 2 is 1.88 bits per heavy atom. The number of alkyl halides is 2. The van der Waals surface area contributed by atoms with Crippen molar-refractivity contribution in [2.45, 2.75) is 0 Å². The molecule has 0 spiro atoms. The second-order valence-electron chi connectivity index (χ2n) is 0.994. The second kappa shape index (κ2) is 6.78. The molecule has 0 unspecified atom stereocenters. The van der Waals surface area contributed by atoms with Crippen LogP contribution in [-0.2, 0) is 3.17 Å². The van der Waals surface area contributed by atoms with E-state index in [0.717, 1.165) is 14.6 Å². The van der Waals surface area contributed by atoms with Gasteiger partial charge in [0, 0.05) is 8.86 Å². The number of hydrogen-bond donors (Lipinski definition) is 0. The Morgan fingerprint density at radius 1 is 1.38 bits per heavy atom. The summed E-state index contributed by atoms with van der Waals surface area (Å²) in [6.07, 6.45) is 0. The summed E-state index contributed by atoms with van der Waals surface area (Å²) in [7, 11) is 0. The first-order valence-corrected chi connectivity index (χ1v) is 5.73. The maximum absolute atomic E-state index is 4.53. The molecule has 0 aromatic carbocycles. The SMILES string of the molecule is ICC(CI)=NOI. The topological polar surface area (TPSA) is 21.6 Å². The number of hydrogen-bond acceptors (Lipinski definition) is 2. The van der Waals surface area contributed by atoms with E-state index in [-0.39, 0.29) is 0 Å². The van der Waals surface area contributed by atoms with Gasteiger partial charge in [0.05, 0.1) is 5.71 Å². The Morgan fingerprint density at radius 3 is 2.00 bits per heavy atom. The van der Waals surface area contributed by atoms with E-state index in [1.54, 1.807) is 23.0 Å². The minimum atomic E-state index is 0.948.